The number of hydrogen-bond acceptors (Lipinski definition) is 3. The summed E-state index contributed by atoms with van der Waals surface area (Å²) in [5.41, 5.74) is 1.93. The molecule has 0 saturated carbocycles. The Morgan fingerprint density at radius 1 is 0.960 bits per heavy atom. The molecule has 2 fully saturated rings. The van der Waals surface area contributed by atoms with Crippen LogP contribution in [-0.2, 0) is 6.54 Å². The van der Waals surface area contributed by atoms with Crippen LogP contribution in [0.4, 0.5) is 0 Å². The van der Waals surface area contributed by atoms with Gasteiger partial charge in [-0.05, 0) is 49.9 Å². The summed E-state index contributed by atoms with van der Waals surface area (Å²) in [6, 6.07) is 17.0. The molecule has 4 heteroatoms. The summed E-state index contributed by atoms with van der Waals surface area (Å²) in [7, 11) is 0. The molecule has 1 amide bonds. The molecule has 4 rings (SSSR count). The van der Waals surface area contributed by atoms with Crippen molar-refractivity contribution in [3.8, 4) is 0 Å². The summed E-state index contributed by atoms with van der Waals surface area (Å²) in [5, 5.41) is 0. The predicted octanol–water partition coefficient (Wildman–Crippen LogP) is 3.35. The van der Waals surface area contributed by atoms with Crippen molar-refractivity contribution in [1.29, 1.82) is 0 Å². The maximum absolute atomic E-state index is 12.9. The molecule has 130 valence electrons. The molecular weight excluding hydrogens is 310 g/mol. The van der Waals surface area contributed by atoms with Crippen LogP contribution in [0.3, 0.4) is 0 Å². The quantitative estimate of drug-likeness (QED) is 0.860. The first-order valence-electron chi connectivity index (χ1n) is 9.33. The maximum atomic E-state index is 12.9. The van der Waals surface area contributed by atoms with E-state index in [0.29, 0.717) is 17.8 Å². The average Bonchev–Trinajstić information content (AvgIpc) is 3.31. The van der Waals surface area contributed by atoms with E-state index in [1.807, 2.05) is 18.2 Å². The number of hydrogen-bond donors (Lipinski definition) is 0. The Morgan fingerprint density at radius 3 is 2.52 bits per heavy atom. The average molecular weight is 335 g/mol. The number of carbonyl (C=O) groups is 1. The molecule has 2 aliphatic rings. The van der Waals surface area contributed by atoms with Crippen LogP contribution in [0, 0.1) is 0 Å². The number of benzene rings is 1. The van der Waals surface area contributed by atoms with Crippen molar-refractivity contribution < 1.29 is 4.79 Å². The monoisotopic (exact) mass is 335 g/mol. The van der Waals surface area contributed by atoms with Crippen LogP contribution in [0.1, 0.15) is 41.7 Å². The Morgan fingerprint density at radius 2 is 1.72 bits per heavy atom. The zero-order chi connectivity index (χ0) is 17.1. The number of carbonyl (C=O) groups excluding carboxylic acids is 1. The molecule has 25 heavy (non-hydrogen) atoms. The highest BCUT2D eigenvalue weighted by molar-refractivity contribution is 5.92. The number of rotatable bonds is 4. The molecule has 0 radical (unpaired) electrons. The van der Waals surface area contributed by atoms with Crippen LogP contribution >= 0.6 is 0 Å². The van der Waals surface area contributed by atoms with Crippen molar-refractivity contribution in [3.05, 3.63) is 66.0 Å². The third-order valence-electron chi connectivity index (χ3n) is 5.53. The highest BCUT2D eigenvalue weighted by Crippen LogP contribution is 2.31. The lowest BCUT2D eigenvalue weighted by atomic mass is 10.0. The Balaban J connectivity index is 1.50. The molecule has 0 spiro atoms. The lowest BCUT2D eigenvalue weighted by Crippen LogP contribution is -2.48. The third kappa shape index (κ3) is 3.45. The standard InChI is InChI=1S/C21H25N3O/c25-21(18-10-4-5-13-22-18)24-15-7-12-20(24)19-11-6-14-23(19)16-17-8-2-1-3-9-17/h1-5,8-10,13,19-20H,6-7,11-12,14-16H2/t19-,20+/m0/s1. The Kier molecular flexibility index (Phi) is 4.79. The number of aromatic nitrogens is 1. The van der Waals surface area contributed by atoms with Gasteiger partial charge in [-0.25, -0.2) is 0 Å². The van der Waals surface area contributed by atoms with Crippen LogP contribution in [0.15, 0.2) is 54.7 Å². The van der Waals surface area contributed by atoms with E-state index in [0.717, 1.165) is 32.5 Å². The number of likely N-dealkylation sites (tertiary alicyclic amines) is 2. The zero-order valence-electron chi connectivity index (χ0n) is 14.6. The fraction of sp³-hybridized carbons (Fsp3) is 0.429. The van der Waals surface area contributed by atoms with Crippen LogP contribution in [0.25, 0.3) is 0 Å². The Bertz CT molecular complexity index is 704. The van der Waals surface area contributed by atoms with Gasteiger partial charge in [0.1, 0.15) is 5.69 Å². The van der Waals surface area contributed by atoms with Gasteiger partial charge in [0.15, 0.2) is 0 Å². The van der Waals surface area contributed by atoms with Crippen LogP contribution < -0.4 is 0 Å². The molecule has 2 aliphatic heterocycles. The summed E-state index contributed by atoms with van der Waals surface area (Å²) in [6.45, 7) is 2.96. The largest absolute Gasteiger partial charge is 0.333 e. The highest BCUT2D eigenvalue weighted by Gasteiger charge is 2.40. The molecule has 2 aromatic rings. The van der Waals surface area contributed by atoms with Crippen molar-refractivity contribution in [2.45, 2.75) is 44.3 Å². The Labute approximate surface area is 149 Å². The highest BCUT2D eigenvalue weighted by atomic mass is 16.2. The van der Waals surface area contributed by atoms with Crippen LogP contribution in [0.5, 0.6) is 0 Å². The summed E-state index contributed by atoms with van der Waals surface area (Å²) < 4.78 is 0. The number of amides is 1. The van der Waals surface area contributed by atoms with Gasteiger partial charge in [0.05, 0.1) is 0 Å². The lowest BCUT2D eigenvalue weighted by Gasteiger charge is -2.35. The van der Waals surface area contributed by atoms with Gasteiger partial charge in [0.2, 0.25) is 0 Å². The first-order valence-corrected chi connectivity index (χ1v) is 9.33. The minimum Gasteiger partial charge on any atom is -0.333 e. The second-order valence-electron chi connectivity index (χ2n) is 7.09. The van der Waals surface area contributed by atoms with Gasteiger partial charge in [0.25, 0.3) is 5.91 Å². The molecule has 0 unspecified atom stereocenters. The van der Waals surface area contributed by atoms with Crippen molar-refractivity contribution in [2.24, 2.45) is 0 Å². The van der Waals surface area contributed by atoms with E-state index in [2.05, 4.69) is 45.1 Å². The topological polar surface area (TPSA) is 36.4 Å². The first kappa shape index (κ1) is 16.3. The number of pyridine rings is 1. The smallest absolute Gasteiger partial charge is 0.272 e. The van der Waals surface area contributed by atoms with Crippen LogP contribution in [0.2, 0.25) is 0 Å². The van der Waals surface area contributed by atoms with E-state index in [9.17, 15) is 4.79 Å². The molecule has 0 N–H and O–H groups in total. The van der Waals surface area contributed by atoms with Gasteiger partial charge in [-0.15, -0.1) is 0 Å². The molecule has 2 saturated heterocycles. The van der Waals surface area contributed by atoms with E-state index in [1.165, 1.54) is 18.4 Å². The zero-order valence-corrected chi connectivity index (χ0v) is 14.6. The van der Waals surface area contributed by atoms with Gasteiger partial charge >= 0.3 is 0 Å². The molecule has 3 heterocycles. The predicted molar refractivity (Wildman–Crippen MR) is 98.2 cm³/mol. The number of nitrogens with zero attached hydrogens (tertiary/aromatic N) is 3. The van der Waals surface area contributed by atoms with Crippen molar-refractivity contribution >= 4 is 5.91 Å². The van der Waals surface area contributed by atoms with E-state index in [1.54, 1.807) is 6.20 Å². The summed E-state index contributed by atoms with van der Waals surface area (Å²) in [4.78, 5) is 21.8. The third-order valence-corrected chi connectivity index (χ3v) is 5.53. The molecule has 2 atom stereocenters. The van der Waals surface area contributed by atoms with E-state index in [-0.39, 0.29) is 5.91 Å². The van der Waals surface area contributed by atoms with Gasteiger partial charge in [-0.3, -0.25) is 14.7 Å². The van der Waals surface area contributed by atoms with Crippen molar-refractivity contribution in [3.63, 3.8) is 0 Å². The minimum atomic E-state index is 0.0923. The summed E-state index contributed by atoms with van der Waals surface area (Å²) in [6.07, 6.45) is 6.31. The van der Waals surface area contributed by atoms with E-state index in [4.69, 9.17) is 0 Å². The fourth-order valence-electron chi connectivity index (χ4n) is 4.38. The second kappa shape index (κ2) is 7.36. The SMILES string of the molecule is O=C(c1ccccn1)N1CCC[C@@H]1[C@@H]1CCCN1Cc1ccccc1. The molecule has 4 nitrogen and oxygen atoms in total. The molecule has 1 aromatic heterocycles. The minimum absolute atomic E-state index is 0.0923. The molecule has 0 bridgehead atoms. The molecule has 1 aromatic carbocycles. The Hall–Kier alpha value is -2.20. The first-order chi connectivity index (χ1) is 12.3. The fourth-order valence-corrected chi connectivity index (χ4v) is 4.38. The second-order valence-corrected chi connectivity index (χ2v) is 7.09. The lowest BCUT2D eigenvalue weighted by molar-refractivity contribution is 0.0633. The molecular formula is C21H25N3O. The normalized spacial score (nSPS) is 23.9. The van der Waals surface area contributed by atoms with Gasteiger partial charge in [0, 0.05) is 31.4 Å². The van der Waals surface area contributed by atoms with Crippen molar-refractivity contribution in [1.82, 2.24) is 14.8 Å². The summed E-state index contributed by atoms with van der Waals surface area (Å²) in [5.74, 6) is 0.0923. The maximum Gasteiger partial charge on any atom is 0.272 e. The van der Waals surface area contributed by atoms with Gasteiger partial charge in [-0.2, -0.15) is 0 Å². The van der Waals surface area contributed by atoms with E-state index >= 15 is 0 Å². The van der Waals surface area contributed by atoms with Gasteiger partial charge in [-0.1, -0.05) is 36.4 Å². The summed E-state index contributed by atoms with van der Waals surface area (Å²) >= 11 is 0. The van der Waals surface area contributed by atoms with Crippen molar-refractivity contribution in [2.75, 3.05) is 13.1 Å². The van der Waals surface area contributed by atoms with E-state index < -0.39 is 0 Å². The molecule has 0 aliphatic carbocycles. The van der Waals surface area contributed by atoms with Gasteiger partial charge < -0.3 is 4.90 Å². The van der Waals surface area contributed by atoms with Crippen LogP contribution in [-0.4, -0.2) is 45.9 Å².